The van der Waals surface area contributed by atoms with Crippen LogP contribution in [0.2, 0.25) is 0 Å². The maximum atomic E-state index is 13.7. The van der Waals surface area contributed by atoms with Crippen LogP contribution in [-0.2, 0) is 32.3 Å². The Morgan fingerprint density at radius 1 is 1.25 bits per heavy atom. The second kappa shape index (κ2) is 9.89. The molecule has 40 heavy (non-hydrogen) atoms. The number of halogens is 2. The highest BCUT2D eigenvalue weighted by molar-refractivity contribution is 7.48. The van der Waals surface area contributed by atoms with Gasteiger partial charge in [0.1, 0.15) is 17.7 Å². The Labute approximate surface area is 225 Å². The number of hydrogen-bond donors (Lipinski definition) is 1. The molecule has 6 atom stereocenters. The van der Waals surface area contributed by atoms with Crippen molar-refractivity contribution >= 4 is 31.1 Å². The fourth-order valence-electron chi connectivity index (χ4n) is 5.01. The number of benzene rings is 1. The van der Waals surface area contributed by atoms with Gasteiger partial charge in [0.25, 0.3) is 0 Å². The van der Waals surface area contributed by atoms with Crippen LogP contribution in [0.15, 0.2) is 24.5 Å². The summed E-state index contributed by atoms with van der Waals surface area (Å²) in [4.78, 5) is 24.8. The Hall–Kier alpha value is -3.43. The Kier molecular flexibility index (Phi) is 6.62. The normalized spacial score (nSPS) is 31.6. The number of aromatic nitrogens is 4. The van der Waals surface area contributed by atoms with Crippen LogP contribution >= 0.6 is 7.82 Å². The van der Waals surface area contributed by atoms with Gasteiger partial charge in [-0.2, -0.15) is 9.97 Å². The molecule has 0 amide bonds. The fourth-order valence-corrected chi connectivity index (χ4v) is 6.40. The molecule has 3 aliphatic rings. The van der Waals surface area contributed by atoms with E-state index in [9.17, 15) is 18.1 Å². The third kappa shape index (κ3) is 4.65. The lowest BCUT2D eigenvalue weighted by molar-refractivity contribution is -0.0926. The molecule has 214 valence electrons. The third-order valence-corrected chi connectivity index (χ3v) is 8.18. The molecule has 1 aromatic carbocycles. The van der Waals surface area contributed by atoms with Crippen LogP contribution in [0.3, 0.4) is 0 Å². The van der Waals surface area contributed by atoms with Crippen LogP contribution in [0.1, 0.15) is 38.2 Å². The van der Waals surface area contributed by atoms with E-state index in [-0.39, 0.29) is 36.1 Å². The van der Waals surface area contributed by atoms with Crippen LogP contribution in [0.5, 0.6) is 5.88 Å². The van der Waals surface area contributed by atoms with Gasteiger partial charge in [0, 0.05) is 12.5 Å². The van der Waals surface area contributed by atoms with Gasteiger partial charge in [0.2, 0.25) is 11.8 Å². The minimum absolute atomic E-state index is 0.0578. The number of phosphoric acid groups is 1. The maximum Gasteiger partial charge on any atom is 0.509 e. The van der Waals surface area contributed by atoms with Crippen molar-refractivity contribution in [2.24, 2.45) is 0 Å². The molecular weight excluding hydrogens is 559 g/mol. The Morgan fingerprint density at radius 3 is 2.77 bits per heavy atom. The highest BCUT2D eigenvalue weighted by atomic mass is 31.2. The average molecular weight is 583 g/mol. The summed E-state index contributed by atoms with van der Waals surface area (Å²) < 4.78 is 81.2. The molecule has 0 bridgehead atoms. The predicted molar refractivity (Wildman–Crippen MR) is 129 cm³/mol. The number of nitrogens with two attached hydrogens (primary N) is 1. The largest absolute Gasteiger partial charge is 0.509 e. The monoisotopic (exact) mass is 583 g/mol. The van der Waals surface area contributed by atoms with E-state index < -0.39 is 62.4 Å². The quantitative estimate of drug-likeness (QED) is 0.317. The summed E-state index contributed by atoms with van der Waals surface area (Å²) >= 11 is 0. The van der Waals surface area contributed by atoms with E-state index in [0.29, 0.717) is 12.1 Å². The van der Waals surface area contributed by atoms with E-state index in [1.807, 2.05) is 0 Å². The number of rotatable bonds is 7. The van der Waals surface area contributed by atoms with E-state index >= 15 is 0 Å². The van der Waals surface area contributed by atoms with Gasteiger partial charge in [-0.3, -0.25) is 18.1 Å². The van der Waals surface area contributed by atoms with Crippen molar-refractivity contribution in [1.82, 2.24) is 19.5 Å². The summed E-state index contributed by atoms with van der Waals surface area (Å²) in [6.45, 7) is 3.21. The third-order valence-electron chi connectivity index (χ3n) is 6.70. The van der Waals surface area contributed by atoms with Crippen molar-refractivity contribution in [3.05, 3.63) is 41.7 Å². The Morgan fingerprint density at radius 2 is 2.02 bits per heavy atom. The molecule has 17 heteroatoms. The van der Waals surface area contributed by atoms with Gasteiger partial charge in [-0.05, 0) is 31.5 Å². The van der Waals surface area contributed by atoms with Gasteiger partial charge in [0.15, 0.2) is 29.1 Å². The first-order valence-electron chi connectivity index (χ1n) is 12.3. The molecule has 3 saturated heterocycles. The number of anilines is 1. The molecule has 14 nitrogen and oxygen atoms in total. The van der Waals surface area contributed by atoms with E-state index in [1.54, 1.807) is 13.8 Å². The first-order chi connectivity index (χ1) is 19.1. The molecule has 3 aliphatic heterocycles. The summed E-state index contributed by atoms with van der Waals surface area (Å²) in [6.07, 6.45) is -3.32. The zero-order valence-corrected chi connectivity index (χ0v) is 22.1. The van der Waals surface area contributed by atoms with Crippen molar-refractivity contribution in [1.29, 1.82) is 0 Å². The molecule has 3 fully saturated rings. The average Bonchev–Trinajstić information content (AvgIpc) is 3.51. The molecule has 3 aromatic rings. The molecule has 0 spiro atoms. The molecule has 2 aromatic heterocycles. The topological polar surface area (TPSA) is 168 Å². The first-order valence-corrected chi connectivity index (χ1v) is 13.8. The smallest absolute Gasteiger partial charge is 0.476 e. The van der Waals surface area contributed by atoms with Crippen molar-refractivity contribution in [3.63, 3.8) is 0 Å². The van der Waals surface area contributed by atoms with E-state index in [1.165, 1.54) is 10.9 Å². The van der Waals surface area contributed by atoms with Crippen molar-refractivity contribution < 1.29 is 50.7 Å². The molecule has 0 aliphatic carbocycles. The van der Waals surface area contributed by atoms with Crippen LogP contribution in [0.4, 0.5) is 19.5 Å². The number of imidazole rings is 1. The standard InChI is InChI=1S/C23H24F2N5O9P/c1-3-33-19-16-18(28-21(26)29-19)30(10-27-16)20-23(2)17(37-22(31)38-23)15(36-20)9-35-40(32)34-5-4-14(39-40)11-6-12(24)8-13(25)7-11/h6-8,10,14-15,17,20H,3-5,9H2,1-2H3,(H2,26,28,29)/t14-,15+,17+,20+,23+,40?/m0/s1. The number of fused-ring (bicyclic) bond motifs is 2. The van der Waals surface area contributed by atoms with Crippen LogP contribution in [0, 0.1) is 11.6 Å². The number of phosphoric ester groups is 1. The summed E-state index contributed by atoms with van der Waals surface area (Å²) in [5, 5.41) is 0. The zero-order chi connectivity index (χ0) is 28.2. The Bertz CT molecular complexity index is 1510. The molecular formula is C23H24F2N5O9P. The zero-order valence-electron chi connectivity index (χ0n) is 21.2. The first kappa shape index (κ1) is 26.8. The lowest BCUT2D eigenvalue weighted by atomic mass is 9.96. The highest BCUT2D eigenvalue weighted by Gasteiger charge is 2.64. The number of nitrogens with zero attached hydrogens (tertiary/aromatic N) is 4. The minimum Gasteiger partial charge on any atom is -0.476 e. The maximum absolute atomic E-state index is 13.7. The van der Waals surface area contributed by atoms with E-state index in [0.717, 1.165) is 18.2 Å². The van der Waals surface area contributed by atoms with Crippen molar-refractivity contribution in [3.8, 4) is 5.88 Å². The van der Waals surface area contributed by atoms with E-state index in [2.05, 4.69) is 15.0 Å². The number of carbonyl (C=O) groups excluding carboxylic acids is 1. The number of carbonyl (C=O) groups is 1. The van der Waals surface area contributed by atoms with Gasteiger partial charge >= 0.3 is 14.0 Å². The summed E-state index contributed by atoms with van der Waals surface area (Å²) in [7, 11) is -4.21. The van der Waals surface area contributed by atoms with Gasteiger partial charge in [-0.15, -0.1) is 0 Å². The Balaban J connectivity index is 1.24. The molecule has 6 rings (SSSR count). The highest BCUT2D eigenvalue weighted by Crippen LogP contribution is 2.58. The van der Waals surface area contributed by atoms with Crippen molar-refractivity contribution in [2.45, 2.75) is 50.4 Å². The number of hydrogen-bond acceptors (Lipinski definition) is 13. The lowest BCUT2D eigenvalue weighted by Crippen LogP contribution is -2.42. The fraction of sp³-hybridized carbons (Fsp3) is 0.478. The molecule has 5 heterocycles. The summed E-state index contributed by atoms with van der Waals surface area (Å²) in [5.74, 6) is -1.52. The summed E-state index contributed by atoms with van der Waals surface area (Å²) in [6, 6.07) is 2.88. The SMILES string of the molecule is CCOc1nc(N)nc2c1ncn2[C@@H]1O[C@H](COP2(=O)OCC[C@@H](c3cc(F)cc(F)c3)O2)[C@H]2OC(=O)O[C@]21C. The minimum atomic E-state index is -4.21. The van der Waals surface area contributed by atoms with Crippen LogP contribution in [0.25, 0.3) is 11.2 Å². The van der Waals surface area contributed by atoms with Crippen LogP contribution < -0.4 is 10.5 Å². The van der Waals surface area contributed by atoms with Gasteiger partial charge < -0.3 is 24.7 Å². The van der Waals surface area contributed by atoms with Crippen molar-refractivity contribution in [2.75, 3.05) is 25.6 Å². The second-order valence-electron chi connectivity index (χ2n) is 9.41. The van der Waals surface area contributed by atoms with Crippen LogP contribution in [-0.4, -0.2) is 63.3 Å². The number of ether oxygens (including phenoxy) is 4. The molecule has 1 unspecified atom stereocenters. The molecule has 2 N–H and O–H groups in total. The summed E-state index contributed by atoms with van der Waals surface area (Å²) in [5.41, 5.74) is 5.19. The van der Waals surface area contributed by atoms with Gasteiger partial charge in [-0.1, -0.05) is 0 Å². The molecule has 0 radical (unpaired) electrons. The van der Waals surface area contributed by atoms with Gasteiger partial charge in [0.05, 0.1) is 32.3 Å². The van der Waals surface area contributed by atoms with Gasteiger partial charge in [-0.25, -0.2) is 23.1 Å². The molecule has 0 saturated carbocycles. The number of nitrogen functional groups attached to an aromatic ring is 1. The van der Waals surface area contributed by atoms with E-state index in [4.69, 9.17) is 38.3 Å². The predicted octanol–water partition coefficient (Wildman–Crippen LogP) is 3.58. The lowest BCUT2D eigenvalue weighted by Gasteiger charge is -2.30. The second-order valence-corrected chi connectivity index (χ2v) is 11.0.